The SMILES string of the molecule is Cc1ccc(C(C)N2C(=O)NC(=O)C3(CC3)C2=O)o1. The second-order valence-corrected chi connectivity index (χ2v) is 5.14. The van der Waals surface area contributed by atoms with Crippen molar-refractivity contribution in [2.24, 2.45) is 5.41 Å². The Morgan fingerprint density at radius 3 is 2.53 bits per heavy atom. The number of urea groups is 1. The van der Waals surface area contributed by atoms with Gasteiger partial charge in [0, 0.05) is 0 Å². The van der Waals surface area contributed by atoms with Crippen LogP contribution in [0.15, 0.2) is 16.5 Å². The zero-order valence-electron chi connectivity index (χ0n) is 10.7. The monoisotopic (exact) mass is 262 g/mol. The van der Waals surface area contributed by atoms with Crippen molar-refractivity contribution in [3.05, 3.63) is 23.7 Å². The molecule has 6 heteroatoms. The maximum atomic E-state index is 12.4. The third-order valence-electron chi connectivity index (χ3n) is 3.81. The fourth-order valence-electron chi connectivity index (χ4n) is 2.42. The number of amides is 4. The fourth-order valence-corrected chi connectivity index (χ4v) is 2.42. The summed E-state index contributed by atoms with van der Waals surface area (Å²) >= 11 is 0. The van der Waals surface area contributed by atoms with Gasteiger partial charge in [-0.05, 0) is 38.8 Å². The van der Waals surface area contributed by atoms with Crippen LogP contribution in [0.3, 0.4) is 0 Å². The predicted octanol–water partition coefficient (Wildman–Crippen LogP) is 1.51. The maximum absolute atomic E-state index is 12.4. The average molecular weight is 262 g/mol. The highest BCUT2D eigenvalue weighted by atomic mass is 16.3. The van der Waals surface area contributed by atoms with E-state index in [0.717, 1.165) is 4.90 Å². The van der Waals surface area contributed by atoms with Gasteiger partial charge in [-0.2, -0.15) is 0 Å². The molecule has 0 bridgehead atoms. The smallest absolute Gasteiger partial charge is 0.331 e. The fraction of sp³-hybridized carbons (Fsp3) is 0.462. The molecule has 0 radical (unpaired) electrons. The van der Waals surface area contributed by atoms with Crippen LogP contribution in [0.4, 0.5) is 4.79 Å². The second-order valence-electron chi connectivity index (χ2n) is 5.14. The van der Waals surface area contributed by atoms with Gasteiger partial charge in [-0.25, -0.2) is 4.79 Å². The number of barbiturate groups is 1. The number of imide groups is 2. The van der Waals surface area contributed by atoms with E-state index in [9.17, 15) is 14.4 Å². The van der Waals surface area contributed by atoms with Crippen molar-refractivity contribution >= 4 is 17.8 Å². The third-order valence-corrected chi connectivity index (χ3v) is 3.81. The number of rotatable bonds is 2. The van der Waals surface area contributed by atoms with Gasteiger partial charge in [0.15, 0.2) is 0 Å². The number of nitrogens with zero attached hydrogens (tertiary/aromatic N) is 1. The zero-order chi connectivity index (χ0) is 13.8. The van der Waals surface area contributed by atoms with Crippen molar-refractivity contribution in [2.75, 3.05) is 0 Å². The normalized spacial score (nSPS) is 22.6. The molecule has 1 aliphatic carbocycles. The highest BCUT2D eigenvalue weighted by Crippen LogP contribution is 2.50. The van der Waals surface area contributed by atoms with Crippen LogP contribution in [-0.2, 0) is 9.59 Å². The quantitative estimate of drug-likeness (QED) is 0.819. The Labute approximate surface area is 109 Å². The Balaban J connectivity index is 1.93. The first-order chi connectivity index (χ1) is 8.95. The minimum absolute atomic E-state index is 0.414. The second kappa shape index (κ2) is 3.69. The molecule has 6 nitrogen and oxygen atoms in total. The molecule has 1 saturated carbocycles. The van der Waals surface area contributed by atoms with Crippen LogP contribution in [0.2, 0.25) is 0 Å². The molecule has 1 aromatic rings. The molecule has 19 heavy (non-hydrogen) atoms. The summed E-state index contributed by atoms with van der Waals surface area (Å²) in [7, 11) is 0. The van der Waals surface area contributed by atoms with Crippen LogP contribution in [0.1, 0.15) is 37.3 Å². The molecule has 3 rings (SSSR count). The van der Waals surface area contributed by atoms with Crippen molar-refractivity contribution in [3.63, 3.8) is 0 Å². The van der Waals surface area contributed by atoms with E-state index in [2.05, 4.69) is 5.32 Å². The lowest BCUT2D eigenvalue weighted by Gasteiger charge is -2.33. The number of nitrogens with one attached hydrogen (secondary N) is 1. The van der Waals surface area contributed by atoms with Crippen molar-refractivity contribution in [2.45, 2.75) is 32.7 Å². The summed E-state index contributed by atoms with van der Waals surface area (Å²) < 4.78 is 5.45. The van der Waals surface area contributed by atoms with Crippen LogP contribution >= 0.6 is 0 Å². The lowest BCUT2D eigenvalue weighted by atomic mass is 10.0. The molecule has 100 valence electrons. The van der Waals surface area contributed by atoms with E-state index in [1.54, 1.807) is 26.0 Å². The average Bonchev–Trinajstić information content (AvgIpc) is 3.04. The lowest BCUT2D eigenvalue weighted by Crippen LogP contribution is -2.59. The molecule has 2 heterocycles. The van der Waals surface area contributed by atoms with E-state index in [-0.39, 0.29) is 0 Å². The van der Waals surface area contributed by atoms with Gasteiger partial charge in [0.05, 0.1) is 6.04 Å². The van der Waals surface area contributed by atoms with E-state index < -0.39 is 29.3 Å². The van der Waals surface area contributed by atoms with Gasteiger partial charge in [0.2, 0.25) is 11.8 Å². The van der Waals surface area contributed by atoms with Gasteiger partial charge < -0.3 is 4.42 Å². The Morgan fingerprint density at radius 2 is 2.00 bits per heavy atom. The van der Waals surface area contributed by atoms with Crippen molar-refractivity contribution in [3.8, 4) is 0 Å². The Morgan fingerprint density at radius 1 is 1.32 bits per heavy atom. The summed E-state index contributed by atoms with van der Waals surface area (Å²) in [5, 5.41) is 2.26. The third kappa shape index (κ3) is 1.59. The maximum Gasteiger partial charge on any atom is 0.331 e. The van der Waals surface area contributed by atoms with Gasteiger partial charge in [0.25, 0.3) is 0 Å². The van der Waals surface area contributed by atoms with Crippen LogP contribution < -0.4 is 5.32 Å². The summed E-state index contributed by atoms with van der Waals surface area (Å²) in [5.74, 6) is 0.361. The van der Waals surface area contributed by atoms with Crippen LogP contribution in [-0.4, -0.2) is 22.7 Å². The molecule has 1 spiro atoms. The molecule has 1 unspecified atom stereocenters. The van der Waals surface area contributed by atoms with Gasteiger partial charge >= 0.3 is 6.03 Å². The van der Waals surface area contributed by atoms with Gasteiger partial charge in [-0.1, -0.05) is 0 Å². The topological polar surface area (TPSA) is 79.6 Å². The first-order valence-corrected chi connectivity index (χ1v) is 6.21. The number of furan rings is 1. The molecule has 0 aromatic carbocycles. The van der Waals surface area contributed by atoms with Gasteiger partial charge in [-0.3, -0.25) is 19.8 Å². The Bertz CT molecular complexity index is 585. The first-order valence-electron chi connectivity index (χ1n) is 6.21. The first kappa shape index (κ1) is 12.0. The van der Waals surface area contributed by atoms with E-state index in [0.29, 0.717) is 24.4 Å². The Hall–Kier alpha value is -2.11. The molecular formula is C13H14N2O4. The Kier molecular flexibility index (Phi) is 2.32. The standard InChI is InChI=1S/C13H14N2O4/c1-7-3-4-9(19-7)8(2)15-11(17)13(5-6-13)10(16)14-12(15)18/h3-4,8H,5-6H2,1-2H3,(H,14,16,18). The number of hydrogen-bond acceptors (Lipinski definition) is 4. The predicted molar refractivity (Wildman–Crippen MR) is 63.9 cm³/mol. The number of aryl methyl sites for hydroxylation is 1. The van der Waals surface area contributed by atoms with E-state index >= 15 is 0 Å². The van der Waals surface area contributed by atoms with Crippen LogP contribution in [0.25, 0.3) is 0 Å². The van der Waals surface area contributed by atoms with Gasteiger partial charge in [-0.15, -0.1) is 0 Å². The van der Waals surface area contributed by atoms with Gasteiger partial charge in [0.1, 0.15) is 16.9 Å². The highest BCUT2D eigenvalue weighted by Gasteiger charge is 2.63. The van der Waals surface area contributed by atoms with E-state index in [4.69, 9.17) is 4.42 Å². The van der Waals surface area contributed by atoms with Crippen molar-refractivity contribution < 1.29 is 18.8 Å². The number of carbonyl (C=O) groups excluding carboxylic acids is 3. The van der Waals surface area contributed by atoms with Crippen molar-refractivity contribution in [1.82, 2.24) is 10.2 Å². The zero-order valence-corrected chi connectivity index (χ0v) is 10.7. The summed E-state index contributed by atoms with van der Waals surface area (Å²) in [6.45, 7) is 3.50. The minimum atomic E-state index is -1.01. The molecule has 1 N–H and O–H groups in total. The molecule has 2 fully saturated rings. The summed E-state index contributed by atoms with van der Waals surface area (Å²) in [5.41, 5.74) is -1.01. The lowest BCUT2D eigenvalue weighted by molar-refractivity contribution is -0.146. The molecule has 4 amide bonds. The molecule has 1 saturated heterocycles. The minimum Gasteiger partial charge on any atom is -0.464 e. The molecule has 1 atom stereocenters. The van der Waals surface area contributed by atoms with Crippen molar-refractivity contribution in [1.29, 1.82) is 0 Å². The van der Waals surface area contributed by atoms with Crippen LogP contribution in [0.5, 0.6) is 0 Å². The number of carbonyl (C=O) groups is 3. The van der Waals surface area contributed by atoms with E-state index in [1.807, 2.05) is 0 Å². The molecular weight excluding hydrogens is 248 g/mol. The molecule has 1 aromatic heterocycles. The summed E-state index contributed by atoms with van der Waals surface area (Å²) in [6, 6.07) is 2.31. The number of hydrogen-bond donors (Lipinski definition) is 1. The van der Waals surface area contributed by atoms with Crippen LogP contribution in [0, 0.1) is 12.3 Å². The van der Waals surface area contributed by atoms with E-state index in [1.165, 1.54) is 0 Å². The largest absolute Gasteiger partial charge is 0.464 e. The summed E-state index contributed by atoms with van der Waals surface area (Å²) in [6.07, 6.45) is 1.01. The highest BCUT2D eigenvalue weighted by molar-refractivity contribution is 6.21. The molecule has 1 aliphatic heterocycles. The molecule has 2 aliphatic rings. The summed E-state index contributed by atoms with van der Waals surface area (Å²) in [4.78, 5) is 37.0.